The van der Waals surface area contributed by atoms with E-state index in [0.717, 1.165) is 44.2 Å². The van der Waals surface area contributed by atoms with Crippen molar-refractivity contribution >= 4 is 43.8 Å². The fourth-order valence-corrected chi connectivity index (χ4v) is 5.95. The number of ether oxygens (including phenoxy) is 1. The van der Waals surface area contributed by atoms with Crippen molar-refractivity contribution in [1.29, 1.82) is 0 Å². The number of pyridine rings is 1. The van der Waals surface area contributed by atoms with Crippen molar-refractivity contribution in [1.82, 2.24) is 14.1 Å². The molecular weight excluding hydrogens is 659 g/mol. The van der Waals surface area contributed by atoms with Crippen LogP contribution in [0.4, 0.5) is 0 Å². The highest BCUT2D eigenvalue weighted by Crippen LogP contribution is 2.37. The molecule has 4 heterocycles. The van der Waals surface area contributed by atoms with Gasteiger partial charge in [-0.05, 0) is 71.6 Å². The average molecular weight is 694 g/mol. The molecule has 8 rings (SSSR count). The van der Waals surface area contributed by atoms with Crippen LogP contribution in [0, 0.1) is 0 Å². The molecule has 218 valence electrons. The molecule has 0 spiro atoms. The summed E-state index contributed by atoms with van der Waals surface area (Å²) in [6.45, 7) is 4.28. The lowest BCUT2D eigenvalue weighted by atomic mass is 9.88. The third-order valence-corrected chi connectivity index (χ3v) is 8.14. The summed E-state index contributed by atoms with van der Waals surface area (Å²) in [6.07, 6.45) is 5.13. The molecule has 0 aliphatic heterocycles. The van der Waals surface area contributed by atoms with Crippen molar-refractivity contribution in [2.45, 2.75) is 26.2 Å². The van der Waals surface area contributed by atoms with E-state index in [4.69, 9.17) is 18.3 Å². The van der Waals surface area contributed by atoms with Crippen LogP contribution in [-0.4, -0.2) is 14.1 Å². The maximum Gasteiger partial charge on any atom is 0.249 e. The lowest BCUT2D eigenvalue weighted by Crippen LogP contribution is -3.00. The second-order valence-electron chi connectivity index (χ2n) is 11.9. The van der Waals surface area contributed by atoms with Crippen LogP contribution in [0.3, 0.4) is 0 Å². The zero-order chi connectivity index (χ0) is 31.8. The van der Waals surface area contributed by atoms with E-state index in [-0.39, 0.29) is 29.4 Å². The van der Waals surface area contributed by atoms with E-state index >= 15 is 0 Å². The van der Waals surface area contributed by atoms with Crippen molar-refractivity contribution in [3.63, 3.8) is 0 Å². The van der Waals surface area contributed by atoms with Crippen molar-refractivity contribution < 1.29 is 41.8 Å². The quantitative estimate of drug-likeness (QED) is 0.174. The second kappa shape index (κ2) is 10.5. The second-order valence-corrected chi connectivity index (χ2v) is 11.9. The molecule has 6 nitrogen and oxygen atoms in total. The standard InChI is InChI=1S/C37H31N4O2.HI/c1-37(2,3)24-17-18-38-36(19-24)41-30-10-6-5-9-27(30)28-15-13-26(21-33(28)41)43-25-14-16-35-29(20-25)34(22-42-35)40-23-39(4)31-11-7-8-12-32(31)40;/h5-23H,1-4H3;1H/q+1;/p-1/i4D3;. The van der Waals surface area contributed by atoms with Crippen LogP contribution >= 0.6 is 0 Å². The third kappa shape index (κ3) is 4.54. The first-order valence-corrected chi connectivity index (χ1v) is 14.3. The van der Waals surface area contributed by atoms with Gasteiger partial charge in [-0.3, -0.25) is 4.57 Å². The number of para-hydroxylation sites is 3. The third-order valence-electron chi connectivity index (χ3n) is 8.14. The zero-order valence-electron chi connectivity index (χ0n) is 27.5. The van der Waals surface area contributed by atoms with E-state index in [1.165, 1.54) is 10.1 Å². The van der Waals surface area contributed by atoms with Gasteiger partial charge in [0.05, 0.1) is 27.5 Å². The largest absolute Gasteiger partial charge is 1.00 e. The number of aryl methyl sites for hydroxylation is 1. The van der Waals surface area contributed by atoms with Gasteiger partial charge in [0.2, 0.25) is 6.33 Å². The first-order valence-electron chi connectivity index (χ1n) is 15.8. The molecule has 0 bridgehead atoms. The highest BCUT2D eigenvalue weighted by atomic mass is 127. The zero-order valence-corrected chi connectivity index (χ0v) is 26.6. The van der Waals surface area contributed by atoms with Crippen LogP contribution in [0.15, 0.2) is 120 Å². The fourth-order valence-electron chi connectivity index (χ4n) is 5.95. The number of fused-ring (bicyclic) bond motifs is 5. The number of imidazole rings is 1. The summed E-state index contributed by atoms with van der Waals surface area (Å²) >= 11 is 0. The maximum absolute atomic E-state index is 8.05. The van der Waals surface area contributed by atoms with Gasteiger partial charge in [-0.1, -0.05) is 51.1 Å². The van der Waals surface area contributed by atoms with Gasteiger partial charge in [0.1, 0.15) is 29.2 Å². The van der Waals surface area contributed by atoms with E-state index in [2.05, 4.69) is 67.8 Å². The number of hydrogen-bond donors (Lipinski definition) is 0. The number of halogens is 1. The Morgan fingerprint density at radius 2 is 1.55 bits per heavy atom. The fraction of sp³-hybridized carbons (Fsp3) is 0.135. The summed E-state index contributed by atoms with van der Waals surface area (Å²) < 4.78 is 41.9. The predicted molar refractivity (Wildman–Crippen MR) is 172 cm³/mol. The van der Waals surface area contributed by atoms with Gasteiger partial charge in [-0.15, -0.1) is 0 Å². The van der Waals surface area contributed by atoms with Crippen LogP contribution in [0.5, 0.6) is 11.5 Å². The summed E-state index contributed by atoms with van der Waals surface area (Å²) in [5.41, 5.74) is 6.02. The molecule has 7 heteroatoms. The topological polar surface area (TPSA) is 49.0 Å². The van der Waals surface area contributed by atoms with Gasteiger partial charge < -0.3 is 33.1 Å². The number of hydrogen-bond acceptors (Lipinski definition) is 3. The van der Waals surface area contributed by atoms with Gasteiger partial charge in [-0.25, -0.2) is 9.55 Å². The number of aromatic nitrogens is 4. The van der Waals surface area contributed by atoms with E-state index in [9.17, 15) is 0 Å². The van der Waals surface area contributed by atoms with E-state index in [0.29, 0.717) is 22.6 Å². The molecule has 4 aromatic carbocycles. The number of nitrogens with zero attached hydrogens (tertiary/aromatic N) is 4. The van der Waals surface area contributed by atoms with E-state index < -0.39 is 6.98 Å². The SMILES string of the molecule is [2H]C([2H])([2H])[n+]1cn(-c2coc3ccc(Oc4ccc5c6ccccc6n(-c6cc(C(C)(C)C)ccn6)c5c4)cc23)c2ccccc21.[I-]. The minimum absolute atomic E-state index is 0. The Morgan fingerprint density at radius 1 is 0.795 bits per heavy atom. The predicted octanol–water partition coefficient (Wildman–Crippen LogP) is 5.79. The van der Waals surface area contributed by atoms with Crippen molar-refractivity contribution in [3.8, 4) is 23.0 Å². The van der Waals surface area contributed by atoms with Crippen LogP contribution in [-0.2, 0) is 12.4 Å². The summed E-state index contributed by atoms with van der Waals surface area (Å²) in [4.78, 5) is 4.79. The monoisotopic (exact) mass is 693 g/mol. The number of furan rings is 1. The lowest BCUT2D eigenvalue weighted by Gasteiger charge is -2.20. The molecule has 0 radical (unpaired) electrons. The van der Waals surface area contributed by atoms with E-state index in [1.54, 1.807) is 18.7 Å². The molecule has 4 aromatic heterocycles. The molecule has 0 N–H and O–H groups in total. The minimum Gasteiger partial charge on any atom is -1.00 e. The Balaban J connectivity index is 0.00000351. The van der Waals surface area contributed by atoms with Gasteiger partial charge in [0.25, 0.3) is 0 Å². The maximum atomic E-state index is 8.05. The Kier molecular flexibility index (Phi) is 5.92. The normalized spacial score (nSPS) is 13.2. The molecule has 0 atom stereocenters. The molecular formula is C37H31IN4O2. The van der Waals surface area contributed by atoms with E-state index in [1.807, 2.05) is 59.3 Å². The van der Waals surface area contributed by atoms with Gasteiger partial charge in [-0.2, -0.15) is 4.57 Å². The molecule has 0 aliphatic rings. The van der Waals surface area contributed by atoms with Crippen LogP contribution < -0.4 is 33.3 Å². The average Bonchev–Trinajstić information content (AvgIpc) is 3.72. The number of rotatable bonds is 4. The van der Waals surface area contributed by atoms with Gasteiger partial charge in [0, 0.05) is 23.0 Å². The van der Waals surface area contributed by atoms with Gasteiger partial charge in [0.15, 0.2) is 16.7 Å². The molecule has 44 heavy (non-hydrogen) atoms. The minimum atomic E-state index is -2.33. The molecule has 0 amide bonds. The molecule has 0 aliphatic carbocycles. The van der Waals surface area contributed by atoms with Crippen molar-refractivity contribution in [2.24, 2.45) is 6.98 Å². The summed E-state index contributed by atoms with van der Waals surface area (Å²) in [6, 6.07) is 31.8. The molecule has 0 fully saturated rings. The molecule has 8 aromatic rings. The van der Waals surface area contributed by atoms with Gasteiger partial charge >= 0.3 is 0 Å². The lowest BCUT2D eigenvalue weighted by molar-refractivity contribution is -0.645. The Hall–Kier alpha value is -4.63. The number of benzene rings is 4. The summed E-state index contributed by atoms with van der Waals surface area (Å²) in [5.74, 6) is 2.17. The van der Waals surface area contributed by atoms with Crippen molar-refractivity contribution in [2.75, 3.05) is 0 Å². The van der Waals surface area contributed by atoms with Crippen LogP contribution in [0.1, 0.15) is 30.4 Å². The summed E-state index contributed by atoms with van der Waals surface area (Å²) in [7, 11) is 0. The van der Waals surface area contributed by atoms with Crippen LogP contribution in [0.2, 0.25) is 0 Å². The molecule has 0 saturated carbocycles. The molecule has 0 saturated heterocycles. The Morgan fingerprint density at radius 3 is 2.39 bits per heavy atom. The smallest absolute Gasteiger partial charge is 0.249 e. The summed E-state index contributed by atoms with van der Waals surface area (Å²) in [5, 5.41) is 3.06. The first-order chi connectivity index (χ1) is 22.1. The van der Waals surface area contributed by atoms with Crippen molar-refractivity contribution in [3.05, 3.63) is 121 Å². The highest BCUT2D eigenvalue weighted by molar-refractivity contribution is 6.09. The highest BCUT2D eigenvalue weighted by Gasteiger charge is 2.21. The van der Waals surface area contributed by atoms with Crippen LogP contribution in [0.25, 0.3) is 55.3 Å². The molecule has 0 unspecified atom stereocenters. The Labute approximate surface area is 276 Å². The Bertz CT molecular complexity index is 2450. The first kappa shape index (κ1) is 24.8.